The van der Waals surface area contributed by atoms with E-state index in [1.54, 1.807) is 26.2 Å². The Morgan fingerprint density at radius 3 is 1.76 bits per heavy atom. The standard InChI is InChI=1S/C44H51N9O6/c1-27-22-33(49-17-10-11-18-49)41-45-29(3)40(52(41)47-27)32-13-15-36(38(25-32)57-9)58-21-16-44(5,6)59-43(54)51-20-19-50(26-51)34-23-28(2)48-53-39(30(4)46-42(34)53)31-12-14-35(55-7)37(24-31)56-8/h10-15,22-25H,16-21,26H2,1-9H3. The lowest BCUT2D eigenvalue weighted by Crippen LogP contribution is -2.38. The highest BCUT2D eigenvalue weighted by atomic mass is 16.6. The Morgan fingerprint density at radius 2 is 1.20 bits per heavy atom. The van der Waals surface area contributed by atoms with Gasteiger partial charge in [0, 0.05) is 43.7 Å². The van der Waals surface area contributed by atoms with Gasteiger partial charge in [-0.2, -0.15) is 10.2 Å². The molecule has 0 bridgehead atoms. The minimum absolute atomic E-state index is 0.306. The third-order valence-electron chi connectivity index (χ3n) is 10.9. The smallest absolute Gasteiger partial charge is 0.411 e. The number of carbonyl (C=O) groups is 1. The Hall–Kier alpha value is -6.51. The van der Waals surface area contributed by atoms with Crippen molar-refractivity contribution in [3.8, 4) is 45.5 Å². The zero-order valence-corrected chi connectivity index (χ0v) is 35.2. The van der Waals surface area contributed by atoms with E-state index in [1.807, 2.05) is 93.0 Å². The molecule has 6 aromatic rings. The van der Waals surface area contributed by atoms with E-state index in [0.29, 0.717) is 61.4 Å². The van der Waals surface area contributed by atoms with E-state index in [1.165, 1.54) is 0 Å². The summed E-state index contributed by atoms with van der Waals surface area (Å²) in [5, 5.41) is 9.68. The number of nitrogens with zero attached hydrogens (tertiary/aromatic N) is 9. The lowest BCUT2D eigenvalue weighted by Gasteiger charge is -2.28. The van der Waals surface area contributed by atoms with Gasteiger partial charge in [0.25, 0.3) is 0 Å². The van der Waals surface area contributed by atoms with Crippen LogP contribution >= 0.6 is 0 Å². The van der Waals surface area contributed by atoms with Crippen LogP contribution in [0.15, 0.2) is 60.7 Å². The average molecular weight is 802 g/mol. The number of ether oxygens (including phenoxy) is 5. The molecule has 1 fully saturated rings. The first-order chi connectivity index (χ1) is 28.4. The summed E-state index contributed by atoms with van der Waals surface area (Å²) in [7, 11) is 4.86. The normalized spacial score (nSPS) is 14.2. The van der Waals surface area contributed by atoms with Gasteiger partial charge >= 0.3 is 6.09 Å². The van der Waals surface area contributed by atoms with Gasteiger partial charge in [-0.05, 0) is 90.1 Å². The number of benzene rings is 2. The molecule has 2 aliphatic heterocycles. The molecule has 308 valence electrons. The summed E-state index contributed by atoms with van der Waals surface area (Å²) in [5.41, 5.74) is 9.69. The summed E-state index contributed by atoms with van der Waals surface area (Å²) in [6, 6.07) is 15.7. The molecule has 0 unspecified atom stereocenters. The van der Waals surface area contributed by atoms with Crippen molar-refractivity contribution in [3.63, 3.8) is 0 Å². The molecule has 0 saturated carbocycles. The maximum Gasteiger partial charge on any atom is 0.411 e. The van der Waals surface area contributed by atoms with Crippen molar-refractivity contribution >= 4 is 28.8 Å². The van der Waals surface area contributed by atoms with Gasteiger partial charge in [0.1, 0.15) is 5.60 Å². The third-order valence-corrected chi connectivity index (χ3v) is 10.9. The number of aryl methyl sites for hydroxylation is 4. The van der Waals surface area contributed by atoms with Crippen molar-refractivity contribution < 1.29 is 28.5 Å². The lowest BCUT2D eigenvalue weighted by atomic mass is 10.1. The van der Waals surface area contributed by atoms with Crippen LogP contribution in [0.25, 0.3) is 33.8 Å². The summed E-state index contributed by atoms with van der Waals surface area (Å²) in [6.45, 7) is 15.2. The van der Waals surface area contributed by atoms with E-state index >= 15 is 0 Å². The molecule has 8 rings (SSSR count). The summed E-state index contributed by atoms with van der Waals surface area (Å²) < 4.78 is 32.9. The topological polar surface area (TPSA) is 133 Å². The highest BCUT2D eigenvalue weighted by Crippen LogP contribution is 2.38. The zero-order valence-electron chi connectivity index (χ0n) is 35.2. The summed E-state index contributed by atoms with van der Waals surface area (Å²) in [5.74, 6) is 2.45. The van der Waals surface area contributed by atoms with E-state index in [2.05, 4.69) is 28.0 Å². The Labute approximate surface area is 343 Å². The number of methoxy groups -OCH3 is 3. The van der Waals surface area contributed by atoms with Crippen molar-refractivity contribution in [1.29, 1.82) is 0 Å². The molecule has 0 aliphatic carbocycles. The van der Waals surface area contributed by atoms with E-state index < -0.39 is 5.60 Å². The van der Waals surface area contributed by atoms with E-state index in [-0.39, 0.29) is 6.09 Å². The van der Waals surface area contributed by atoms with Crippen molar-refractivity contribution in [2.24, 2.45) is 0 Å². The van der Waals surface area contributed by atoms with Gasteiger partial charge in [-0.25, -0.2) is 23.8 Å². The Bertz CT molecular complexity index is 2590. The molecule has 0 spiro atoms. The second kappa shape index (κ2) is 15.7. The molecule has 59 heavy (non-hydrogen) atoms. The van der Waals surface area contributed by atoms with Crippen molar-refractivity contribution in [2.45, 2.75) is 53.6 Å². The van der Waals surface area contributed by atoms with Gasteiger partial charge in [-0.1, -0.05) is 12.2 Å². The van der Waals surface area contributed by atoms with Gasteiger partial charge in [0.15, 0.2) is 34.3 Å². The first-order valence-electron chi connectivity index (χ1n) is 19.8. The van der Waals surface area contributed by atoms with Crippen molar-refractivity contribution in [2.75, 3.05) is 70.6 Å². The van der Waals surface area contributed by atoms with Crippen LogP contribution in [-0.4, -0.2) is 107 Å². The molecule has 15 heteroatoms. The molecule has 4 aromatic heterocycles. The molecule has 2 aromatic carbocycles. The average Bonchev–Trinajstić information content (AvgIpc) is 4.03. The summed E-state index contributed by atoms with van der Waals surface area (Å²) in [4.78, 5) is 29.6. The highest BCUT2D eigenvalue weighted by molar-refractivity contribution is 5.79. The molecular formula is C44H51N9O6. The Kier molecular flexibility index (Phi) is 10.5. The van der Waals surface area contributed by atoms with Crippen LogP contribution < -0.4 is 28.7 Å². The SMILES string of the molecule is COc1ccc(-c2c(C)nc3c(N4CCN(C(=O)OC(C)(C)CCOc5ccc(-c6c(C)nc7c(N8CC=CC8)cc(C)nn67)cc5OC)C4)cc(C)nn23)cc1OC. The number of fused-ring (bicyclic) bond motifs is 2. The zero-order chi connectivity index (χ0) is 41.6. The molecular weight excluding hydrogens is 751 g/mol. The lowest BCUT2D eigenvalue weighted by molar-refractivity contribution is 0.00491. The van der Waals surface area contributed by atoms with Crippen LogP contribution in [0.1, 0.15) is 43.0 Å². The quantitative estimate of drug-likeness (QED) is 0.116. The Balaban J connectivity index is 0.920. The molecule has 2 aliphatic rings. The number of amides is 1. The van der Waals surface area contributed by atoms with Gasteiger partial charge in [-0.15, -0.1) is 0 Å². The fourth-order valence-corrected chi connectivity index (χ4v) is 7.87. The van der Waals surface area contributed by atoms with Gasteiger partial charge < -0.3 is 33.5 Å². The van der Waals surface area contributed by atoms with Crippen molar-refractivity contribution in [1.82, 2.24) is 34.1 Å². The number of imidazole rings is 2. The fourth-order valence-electron chi connectivity index (χ4n) is 7.87. The number of hydrogen-bond acceptors (Lipinski definition) is 12. The number of rotatable bonds is 12. The fraction of sp³-hybridized carbons (Fsp3) is 0.386. The van der Waals surface area contributed by atoms with Crippen LogP contribution in [0.4, 0.5) is 16.2 Å². The van der Waals surface area contributed by atoms with E-state index in [0.717, 1.165) is 75.4 Å². The summed E-state index contributed by atoms with van der Waals surface area (Å²) in [6.07, 6.45) is 4.41. The molecule has 6 heterocycles. The first kappa shape index (κ1) is 39.3. The first-order valence-corrected chi connectivity index (χ1v) is 19.8. The second-order valence-electron chi connectivity index (χ2n) is 15.6. The van der Waals surface area contributed by atoms with Crippen LogP contribution in [0.3, 0.4) is 0 Å². The molecule has 15 nitrogen and oxygen atoms in total. The minimum atomic E-state index is -0.799. The summed E-state index contributed by atoms with van der Waals surface area (Å²) >= 11 is 0. The van der Waals surface area contributed by atoms with E-state index in [4.69, 9.17) is 43.8 Å². The van der Waals surface area contributed by atoms with Gasteiger partial charge in [-0.3, -0.25) is 4.90 Å². The maximum absolute atomic E-state index is 13.6. The number of anilines is 2. The number of aromatic nitrogens is 6. The Morgan fingerprint density at radius 1 is 0.678 bits per heavy atom. The second-order valence-corrected chi connectivity index (χ2v) is 15.6. The van der Waals surface area contributed by atoms with Crippen LogP contribution in [-0.2, 0) is 4.74 Å². The van der Waals surface area contributed by atoms with Crippen LogP contribution in [0.2, 0.25) is 0 Å². The number of hydrogen-bond donors (Lipinski definition) is 0. The van der Waals surface area contributed by atoms with Gasteiger partial charge in [0.05, 0.1) is 80.1 Å². The van der Waals surface area contributed by atoms with Gasteiger partial charge in [0.2, 0.25) is 0 Å². The minimum Gasteiger partial charge on any atom is -0.493 e. The van der Waals surface area contributed by atoms with Crippen molar-refractivity contribution in [3.05, 3.63) is 83.5 Å². The third kappa shape index (κ3) is 7.52. The van der Waals surface area contributed by atoms with Crippen LogP contribution in [0.5, 0.6) is 23.0 Å². The molecule has 0 radical (unpaired) electrons. The molecule has 1 amide bonds. The van der Waals surface area contributed by atoms with Crippen LogP contribution in [0, 0.1) is 27.7 Å². The number of carbonyl (C=O) groups excluding carboxylic acids is 1. The molecule has 0 atom stereocenters. The molecule has 0 N–H and O–H groups in total. The maximum atomic E-state index is 13.6. The molecule has 1 saturated heterocycles. The van der Waals surface area contributed by atoms with E-state index in [9.17, 15) is 4.79 Å². The largest absolute Gasteiger partial charge is 0.493 e. The highest BCUT2D eigenvalue weighted by Gasteiger charge is 2.32. The monoisotopic (exact) mass is 801 g/mol. The predicted molar refractivity (Wildman–Crippen MR) is 226 cm³/mol. The predicted octanol–water partition coefficient (Wildman–Crippen LogP) is 7.21.